The zero-order chi connectivity index (χ0) is 16.0. The highest BCUT2D eigenvalue weighted by molar-refractivity contribution is 5.65. The maximum Gasteiger partial charge on any atom is 0.150 e. The van der Waals surface area contributed by atoms with Crippen LogP contribution in [0.25, 0.3) is 0 Å². The second-order valence-corrected chi connectivity index (χ2v) is 6.89. The first-order valence-electron chi connectivity index (χ1n) is 8.46. The number of ether oxygens (including phenoxy) is 1. The van der Waals surface area contributed by atoms with Crippen molar-refractivity contribution < 1.29 is 4.74 Å². The summed E-state index contributed by atoms with van der Waals surface area (Å²) >= 11 is 0. The van der Waals surface area contributed by atoms with Crippen LogP contribution in [0.4, 0.5) is 5.69 Å². The molecule has 23 heavy (non-hydrogen) atoms. The van der Waals surface area contributed by atoms with Crippen molar-refractivity contribution in [2.45, 2.75) is 26.3 Å². The Labute approximate surface area is 138 Å². The summed E-state index contributed by atoms with van der Waals surface area (Å²) in [7, 11) is 2.23. The molecule has 1 atom stereocenters. The third kappa shape index (κ3) is 2.49. The number of aryl methyl sites for hydroxylation is 2. The monoisotopic (exact) mass is 308 g/mol. The van der Waals surface area contributed by atoms with E-state index < -0.39 is 0 Å². The summed E-state index contributed by atoms with van der Waals surface area (Å²) in [5.74, 6) is 2.03. The lowest BCUT2D eigenvalue weighted by atomic mass is 9.98. The Bertz CT molecular complexity index is 740. The molecule has 0 bridgehead atoms. The number of hydrogen-bond acceptors (Lipinski definition) is 3. The maximum atomic E-state index is 6.40. The Kier molecular flexibility index (Phi) is 3.53. The van der Waals surface area contributed by atoms with Gasteiger partial charge in [0.05, 0.1) is 11.7 Å². The first-order valence-corrected chi connectivity index (χ1v) is 8.46. The van der Waals surface area contributed by atoms with Crippen LogP contribution >= 0.6 is 0 Å². The van der Waals surface area contributed by atoms with Gasteiger partial charge in [0.1, 0.15) is 5.75 Å². The molecule has 4 rings (SSSR count). The average Bonchev–Trinajstić information content (AvgIpc) is 2.78. The van der Waals surface area contributed by atoms with Crippen LogP contribution in [0.15, 0.2) is 36.4 Å². The van der Waals surface area contributed by atoms with Crippen LogP contribution in [0, 0.1) is 13.8 Å². The van der Waals surface area contributed by atoms with E-state index in [0.29, 0.717) is 6.04 Å². The van der Waals surface area contributed by atoms with Gasteiger partial charge in [-0.2, -0.15) is 0 Å². The molecule has 3 heteroatoms. The molecule has 2 aliphatic heterocycles. The number of nitrogens with zero attached hydrogens (tertiary/aromatic N) is 2. The van der Waals surface area contributed by atoms with E-state index in [1.165, 1.54) is 28.8 Å². The second-order valence-electron chi connectivity index (χ2n) is 6.89. The largest absolute Gasteiger partial charge is 0.455 e. The third-order valence-electron chi connectivity index (χ3n) is 4.99. The Balaban J connectivity index is 1.95. The molecule has 1 unspecified atom stereocenters. The number of hydrogen-bond donors (Lipinski definition) is 0. The molecule has 0 saturated carbocycles. The smallest absolute Gasteiger partial charge is 0.150 e. The molecule has 1 fully saturated rings. The van der Waals surface area contributed by atoms with Crippen LogP contribution in [-0.2, 0) is 0 Å². The van der Waals surface area contributed by atoms with Gasteiger partial charge in [-0.05, 0) is 51.6 Å². The summed E-state index contributed by atoms with van der Waals surface area (Å²) in [6, 6.07) is 13.3. The van der Waals surface area contributed by atoms with Crippen molar-refractivity contribution in [2.75, 3.05) is 31.6 Å². The summed E-state index contributed by atoms with van der Waals surface area (Å²) in [5.41, 5.74) is 5.08. The molecule has 2 aromatic rings. The lowest BCUT2D eigenvalue weighted by Gasteiger charge is -2.32. The quantitative estimate of drug-likeness (QED) is 0.722. The first kappa shape index (κ1) is 14.6. The first-order chi connectivity index (χ1) is 11.1. The van der Waals surface area contributed by atoms with E-state index >= 15 is 0 Å². The van der Waals surface area contributed by atoms with Crippen molar-refractivity contribution >= 4 is 5.69 Å². The lowest BCUT2D eigenvalue weighted by molar-refractivity contribution is 0.332. The van der Waals surface area contributed by atoms with Crippen molar-refractivity contribution in [2.24, 2.45) is 0 Å². The molecule has 0 N–H and O–H groups in total. The number of likely N-dealkylation sites (N-methyl/N-ethyl adjacent to an activating group) is 1. The summed E-state index contributed by atoms with van der Waals surface area (Å²) < 4.78 is 6.40. The zero-order valence-electron chi connectivity index (χ0n) is 14.2. The van der Waals surface area contributed by atoms with Crippen LogP contribution in [0.2, 0.25) is 0 Å². The molecule has 0 spiro atoms. The van der Waals surface area contributed by atoms with Gasteiger partial charge in [0.15, 0.2) is 5.75 Å². The average molecular weight is 308 g/mol. The van der Waals surface area contributed by atoms with Crippen molar-refractivity contribution in [3.63, 3.8) is 0 Å². The molecule has 2 aromatic carbocycles. The van der Waals surface area contributed by atoms with Crippen LogP contribution in [-0.4, -0.2) is 31.6 Å². The Morgan fingerprint density at radius 2 is 1.91 bits per heavy atom. The highest BCUT2D eigenvalue weighted by Gasteiger charge is 2.32. The molecule has 120 valence electrons. The SMILES string of the molecule is Cc1cc(C)c2c(c1)C1CN(C)CCCN1c1ccccc1O2. The van der Waals surface area contributed by atoms with Crippen molar-refractivity contribution in [1.82, 2.24) is 4.90 Å². The summed E-state index contributed by atoms with van der Waals surface area (Å²) in [6.45, 7) is 7.59. The topological polar surface area (TPSA) is 15.7 Å². The summed E-state index contributed by atoms with van der Waals surface area (Å²) in [5, 5.41) is 0. The van der Waals surface area contributed by atoms with Crippen LogP contribution in [0.3, 0.4) is 0 Å². The maximum absolute atomic E-state index is 6.40. The van der Waals surface area contributed by atoms with Gasteiger partial charge >= 0.3 is 0 Å². The Morgan fingerprint density at radius 3 is 2.78 bits per heavy atom. The molecule has 0 radical (unpaired) electrons. The van der Waals surface area contributed by atoms with Gasteiger partial charge in [0, 0.05) is 18.7 Å². The summed E-state index contributed by atoms with van der Waals surface area (Å²) in [6.07, 6.45) is 1.18. The number of rotatable bonds is 0. The van der Waals surface area contributed by atoms with Crippen LogP contribution < -0.4 is 9.64 Å². The Morgan fingerprint density at radius 1 is 1.09 bits per heavy atom. The predicted molar refractivity (Wildman–Crippen MR) is 94.6 cm³/mol. The highest BCUT2D eigenvalue weighted by Crippen LogP contribution is 2.46. The predicted octanol–water partition coefficient (Wildman–Crippen LogP) is 4.29. The minimum absolute atomic E-state index is 0.347. The number of fused-ring (bicyclic) bond motifs is 5. The van der Waals surface area contributed by atoms with Gasteiger partial charge in [-0.25, -0.2) is 0 Å². The highest BCUT2D eigenvalue weighted by atomic mass is 16.5. The van der Waals surface area contributed by atoms with E-state index in [4.69, 9.17) is 4.74 Å². The number of anilines is 1. The molecule has 3 nitrogen and oxygen atoms in total. The van der Waals surface area contributed by atoms with Gasteiger partial charge < -0.3 is 14.5 Å². The molecule has 2 aliphatic rings. The lowest BCUT2D eigenvalue weighted by Crippen LogP contribution is -2.32. The minimum atomic E-state index is 0.347. The molecule has 0 aliphatic carbocycles. The molecular weight excluding hydrogens is 284 g/mol. The van der Waals surface area contributed by atoms with Gasteiger partial charge in [0.25, 0.3) is 0 Å². The number of benzene rings is 2. The molecule has 0 amide bonds. The molecule has 2 heterocycles. The third-order valence-corrected chi connectivity index (χ3v) is 4.99. The van der Waals surface area contributed by atoms with Crippen molar-refractivity contribution in [3.8, 4) is 11.5 Å². The molecule has 1 saturated heterocycles. The fourth-order valence-corrected chi connectivity index (χ4v) is 3.97. The second kappa shape index (κ2) is 5.57. The fraction of sp³-hybridized carbons (Fsp3) is 0.400. The van der Waals surface area contributed by atoms with Crippen LogP contribution in [0.5, 0.6) is 11.5 Å². The van der Waals surface area contributed by atoms with E-state index in [1.807, 2.05) is 0 Å². The Hall–Kier alpha value is -2.00. The summed E-state index contributed by atoms with van der Waals surface area (Å²) in [4.78, 5) is 4.99. The van der Waals surface area contributed by atoms with E-state index in [2.05, 4.69) is 67.1 Å². The fourth-order valence-electron chi connectivity index (χ4n) is 3.97. The molecular formula is C20H24N2O. The van der Waals surface area contributed by atoms with E-state index in [1.54, 1.807) is 0 Å². The van der Waals surface area contributed by atoms with Crippen LogP contribution in [0.1, 0.15) is 29.2 Å². The van der Waals surface area contributed by atoms with Gasteiger partial charge in [-0.3, -0.25) is 0 Å². The normalized spacial score (nSPS) is 20.7. The van der Waals surface area contributed by atoms with Crippen molar-refractivity contribution in [1.29, 1.82) is 0 Å². The van der Waals surface area contributed by atoms with E-state index in [-0.39, 0.29) is 0 Å². The minimum Gasteiger partial charge on any atom is -0.455 e. The van der Waals surface area contributed by atoms with Gasteiger partial charge in [-0.1, -0.05) is 29.8 Å². The molecule has 0 aromatic heterocycles. The van der Waals surface area contributed by atoms with E-state index in [9.17, 15) is 0 Å². The standard InChI is InChI=1S/C20H24N2O/c1-14-11-15(2)20-16(12-14)18-13-21(3)9-6-10-22(18)17-7-4-5-8-19(17)23-20/h4-5,7-8,11-12,18H,6,9-10,13H2,1-3H3. The van der Waals surface area contributed by atoms with Gasteiger partial charge in [-0.15, -0.1) is 0 Å². The van der Waals surface area contributed by atoms with Crippen molar-refractivity contribution in [3.05, 3.63) is 53.1 Å². The zero-order valence-corrected chi connectivity index (χ0v) is 14.2. The van der Waals surface area contributed by atoms with Gasteiger partial charge in [0.2, 0.25) is 0 Å². The van der Waals surface area contributed by atoms with E-state index in [0.717, 1.165) is 31.1 Å². The number of para-hydroxylation sites is 2.